The summed E-state index contributed by atoms with van der Waals surface area (Å²) in [4.78, 5) is 0. The molecule has 0 N–H and O–H groups in total. The molecule has 0 spiro atoms. The van der Waals surface area contributed by atoms with Gasteiger partial charge in [0.15, 0.2) is 0 Å². The van der Waals surface area contributed by atoms with Gasteiger partial charge in [0.1, 0.15) is 0 Å². The fourth-order valence-electron chi connectivity index (χ4n) is 3.85. The van der Waals surface area contributed by atoms with Crippen molar-refractivity contribution in [3.05, 3.63) is 24.3 Å². The van der Waals surface area contributed by atoms with E-state index in [0.29, 0.717) is 12.2 Å². The first-order valence-electron chi connectivity index (χ1n) is 12.3. The van der Waals surface area contributed by atoms with Gasteiger partial charge in [-0.3, -0.25) is 0 Å². The van der Waals surface area contributed by atoms with Crippen molar-refractivity contribution in [1.29, 1.82) is 0 Å². The van der Waals surface area contributed by atoms with Gasteiger partial charge in [0.25, 0.3) is 0 Å². The second-order valence-corrected chi connectivity index (χ2v) is 8.42. The van der Waals surface area contributed by atoms with Gasteiger partial charge >= 0.3 is 0 Å². The van der Waals surface area contributed by atoms with Gasteiger partial charge in [0, 0.05) is 0 Å². The van der Waals surface area contributed by atoms with Gasteiger partial charge in [-0.1, -0.05) is 128 Å². The summed E-state index contributed by atoms with van der Waals surface area (Å²) in [6, 6.07) is 0. The predicted molar refractivity (Wildman–Crippen MR) is 121 cm³/mol. The lowest BCUT2D eigenvalue weighted by Gasteiger charge is -2.03. The summed E-state index contributed by atoms with van der Waals surface area (Å²) >= 11 is 0. The summed E-state index contributed by atoms with van der Waals surface area (Å²) < 4.78 is 5.79. The first-order chi connectivity index (χ1) is 13.4. The second-order valence-electron chi connectivity index (χ2n) is 8.42. The number of ether oxygens (including phenoxy) is 1. The second kappa shape index (κ2) is 18.8. The van der Waals surface area contributed by atoms with Crippen LogP contribution < -0.4 is 0 Å². The smallest absolute Gasteiger partial charge is 0.0876 e. The maximum absolute atomic E-state index is 5.79. The number of epoxide rings is 1. The molecule has 0 aliphatic carbocycles. The maximum atomic E-state index is 5.79. The molecule has 1 saturated heterocycles. The predicted octanol–water partition coefficient (Wildman–Crippen LogP) is 8.93. The number of rotatable bonds is 20. The summed E-state index contributed by atoms with van der Waals surface area (Å²) in [5, 5.41) is 0. The maximum Gasteiger partial charge on any atom is 0.0876 e. The third-order valence-electron chi connectivity index (χ3n) is 5.74. The van der Waals surface area contributed by atoms with Crippen LogP contribution in [0, 0.1) is 0 Å². The zero-order valence-corrected chi connectivity index (χ0v) is 18.6. The van der Waals surface area contributed by atoms with Gasteiger partial charge in [-0.05, 0) is 25.7 Å². The molecular weight excluding hydrogens is 328 g/mol. The standard InChI is InChI=1S/C26H48O/c1-3-5-7-9-11-12-13-14-15-16-17-18-20-22-24-26-25(27-26)23-21-19-10-8-6-4-2/h6,8,19,21,25-26H,3-5,7,9-18,20,22-24H2,1-2H3/b8-6-,21-19-/t25-,26+/m0/s1. The van der Waals surface area contributed by atoms with Crippen molar-refractivity contribution in [3.8, 4) is 0 Å². The Morgan fingerprint density at radius 2 is 1.07 bits per heavy atom. The highest BCUT2D eigenvalue weighted by Crippen LogP contribution is 2.30. The topological polar surface area (TPSA) is 12.5 Å². The van der Waals surface area contributed by atoms with Crippen LogP contribution in [0.5, 0.6) is 0 Å². The Morgan fingerprint density at radius 3 is 1.63 bits per heavy atom. The number of hydrogen-bond donors (Lipinski definition) is 0. The van der Waals surface area contributed by atoms with E-state index in [9.17, 15) is 0 Å². The first kappa shape index (κ1) is 24.5. The van der Waals surface area contributed by atoms with Gasteiger partial charge in [0.05, 0.1) is 12.2 Å². The van der Waals surface area contributed by atoms with E-state index in [1.54, 1.807) is 0 Å². The lowest BCUT2D eigenvalue weighted by Crippen LogP contribution is -1.93. The molecule has 1 heteroatoms. The Bertz CT molecular complexity index is 357. The van der Waals surface area contributed by atoms with Crippen LogP contribution in [-0.4, -0.2) is 12.2 Å². The molecule has 1 aliphatic heterocycles. The number of hydrogen-bond acceptors (Lipinski definition) is 1. The van der Waals surface area contributed by atoms with Crippen LogP contribution >= 0.6 is 0 Å². The van der Waals surface area contributed by atoms with Crippen LogP contribution in [0.25, 0.3) is 0 Å². The molecule has 0 saturated carbocycles. The molecule has 0 bridgehead atoms. The van der Waals surface area contributed by atoms with Crippen molar-refractivity contribution in [2.45, 2.75) is 142 Å². The average Bonchev–Trinajstić information content (AvgIpc) is 3.43. The number of unbranched alkanes of at least 4 members (excludes halogenated alkanes) is 13. The molecule has 1 fully saturated rings. The molecule has 27 heavy (non-hydrogen) atoms. The average molecular weight is 377 g/mol. The van der Waals surface area contributed by atoms with Crippen molar-refractivity contribution >= 4 is 0 Å². The summed E-state index contributed by atoms with van der Waals surface area (Å²) in [7, 11) is 0. The lowest BCUT2D eigenvalue weighted by molar-refractivity contribution is 0.358. The van der Waals surface area contributed by atoms with Crippen molar-refractivity contribution in [3.63, 3.8) is 0 Å². The van der Waals surface area contributed by atoms with E-state index >= 15 is 0 Å². The Labute approximate surface area is 171 Å². The zero-order chi connectivity index (χ0) is 19.4. The SMILES string of the molecule is CC/C=C\C/C=C\C[C@@H]1O[C@@H]1CCCCCCCCCCCCCCCC. The molecule has 1 nitrogen and oxygen atoms in total. The van der Waals surface area contributed by atoms with Crippen molar-refractivity contribution in [2.75, 3.05) is 0 Å². The first-order valence-corrected chi connectivity index (χ1v) is 12.3. The van der Waals surface area contributed by atoms with E-state index in [0.717, 1.165) is 19.3 Å². The molecule has 158 valence electrons. The van der Waals surface area contributed by atoms with Gasteiger partial charge in [-0.15, -0.1) is 0 Å². The van der Waals surface area contributed by atoms with Crippen LogP contribution in [0.1, 0.15) is 129 Å². The van der Waals surface area contributed by atoms with Crippen molar-refractivity contribution < 1.29 is 4.74 Å². The third-order valence-corrected chi connectivity index (χ3v) is 5.74. The summed E-state index contributed by atoms with van der Waals surface area (Å²) in [6.07, 6.45) is 34.9. The Hall–Kier alpha value is -0.560. The van der Waals surface area contributed by atoms with E-state index in [1.807, 2.05) is 0 Å². The largest absolute Gasteiger partial charge is 0.369 e. The fourth-order valence-corrected chi connectivity index (χ4v) is 3.85. The molecule has 1 heterocycles. The van der Waals surface area contributed by atoms with Crippen molar-refractivity contribution in [1.82, 2.24) is 0 Å². The normalized spacial score (nSPS) is 19.5. The summed E-state index contributed by atoms with van der Waals surface area (Å²) in [6.45, 7) is 4.48. The van der Waals surface area contributed by atoms with Crippen LogP contribution in [0.3, 0.4) is 0 Å². The molecule has 2 atom stereocenters. The molecular formula is C26H48O. The third kappa shape index (κ3) is 16.1. The minimum Gasteiger partial charge on any atom is -0.369 e. The van der Waals surface area contributed by atoms with Crippen LogP contribution in [-0.2, 0) is 4.74 Å². The van der Waals surface area contributed by atoms with E-state index in [2.05, 4.69) is 38.2 Å². The summed E-state index contributed by atoms with van der Waals surface area (Å²) in [5.74, 6) is 0. The Morgan fingerprint density at radius 1 is 0.556 bits per heavy atom. The number of allylic oxidation sites excluding steroid dienone is 3. The Balaban J connectivity index is 1.73. The highest BCUT2D eigenvalue weighted by atomic mass is 16.6. The van der Waals surface area contributed by atoms with Gasteiger partial charge in [0.2, 0.25) is 0 Å². The van der Waals surface area contributed by atoms with Gasteiger partial charge in [-0.25, -0.2) is 0 Å². The van der Waals surface area contributed by atoms with Crippen LogP contribution in [0.4, 0.5) is 0 Å². The van der Waals surface area contributed by atoms with Gasteiger partial charge in [-0.2, -0.15) is 0 Å². The summed E-state index contributed by atoms with van der Waals surface area (Å²) in [5.41, 5.74) is 0. The lowest BCUT2D eigenvalue weighted by atomic mass is 10.0. The fraction of sp³-hybridized carbons (Fsp3) is 0.846. The molecule has 0 aromatic carbocycles. The molecule has 1 aliphatic rings. The minimum atomic E-state index is 0.526. The molecule has 0 amide bonds. The quantitative estimate of drug-likeness (QED) is 0.117. The highest BCUT2D eigenvalue weighted by molar-refractivity contribution is 4.97. The molecule has 0 unspecified atom stereocenters. The van der Waals surface area contributed by atoms with Crippen molar-refractivity contribution in [2.24, 2.45) is 0 Å². The van der Waals surface area contributed by atoms with Gasteiger partial charge < -0.3 is 4.74 Å². The Kier molecular flexibility index (Phi) is 17.0. The zero-order valence-electron chi connectivity index (χ0n) is 18.6. The van der Waals surface area contributed by atoms with Crippen LogP contribution in [0.15, 0.2) is 24.3 Å². The molecule has 0 aromatic heterocycles. The monoisotopic (exact) mass is 376 g/mol. The van der Waals surface area contributed by atoms with E-state index in [-0.39, 0.29) is 0 Å². The molecule has 1 rings (SSSR count). The highest BCUT2D eigenvalue weighted by Gasteiger charge is 2.36. The minimum absolute atomic E-state index is 0.526. The van der Waals surface area contributed by atoms with E-state index in [4.69, 9.17) is 4.74 Å². The van der Waals surface area contributed by atoms with E-state index in [1.165, 1.54) is 96.3 Å². The molecule has 0 radical (unpaired) electrons. The van der Waals surface area contributed by atoms with E-state index < -0.39 is 0 Å². The van der Waals surface area contributed by atoms with Crippen LogP contribution in [0.2, 0.25) is 0 Å². The molecule has 0 aromatic rings.